The number of carbonyl (C=O) groups is 1. The van der Waals surface area contributed by atoms with E-state index in [0.29, 0.717) is 6.54 Å². The van der Waals surface area contributed by atoms with E-state index in [0.717, 1.165) is 12.1 Å². The molecule has 1 aliphatic rings. The minimum Gasteiger partial charge on any atom is -0.394 e. The van der Waals surface area contributed by atoms with Crippen LogP contribution in [0.15, 0.2) is 30.3 Å². The van der Waals surface area contributed by atoms with Gasteiger partial charge in [-0.15, -0.1) is 0 Å². The Bertz CT molecular complexity index is 498. The average Bonchev–Trinajstić information content (AvgIpc) is 2.87. The topological polar surface area (TPSA) is 78.6 Å². The van der Waals surface area contributed by atoms with Gasteiger partial charge in [0.25, 0.3) is 0 Å². The third-order valence-electron chi connectivity index (χ3n) is 4.35. The largest absolute Gasteiger partial charge is 0.394 e. The number of rotatable bonds is 4. The van der Waals surface area contributed by atoms with Gasteiger partial charge in [0, 0.05) is 24.7 Å². The van der Waals surface area contributed by atoms with E-state index < -0.39 is 0 Å². The molecule has 5 nitrogen and oxygen atoms in total. The Kier molecular flexibility index (Phi) is 5.21. The van der Waals surface area contributed by atoms with E-state index in [1.54, 1.807) is 0 Å². The van der Waals surface area contributed by atoms with Crippen LogP contribution in [-0.4, -0.2) is 47.2 Å². The Morgan fingerprint density at radius 1 is 1.36 bits per heavy atom. The van der Waals surface area contributed by atoms with Crippen LogP contribution in [-0.2, 0) is 4.79 Å². The van der Waals surface area contributed by atoms with Gasteiger partial charge < -0.3 is 16.2 Å². The monoisotopic (exact) mass is 305 g/mol. The number of nitrogens with one attached hydrogen (secondary N) is 1. The van der Waals surface area contributed by atoms with Gasteiger partial charge in [-0.2, -0.15) is 0 Å². The summed E-state index contributed by atoms with van der Waals surface area (Å²) in [5.41, 5.74) is 7.06. The molecule has 0 radical (unpaired) electrons. The molecule has 22 heavy (non-hydrogen) atoms. The van der Waals surface area contributed by atoms with E-state index in [1.807, 2.05) is 30.3 Å². The number of likely N-dealkylation sites (tertiary alicyclic amines) is 1. The van der Waals surface area contributed by atoms with Crippen LogP contribution in [0.1, 0.15) is 32.4 Å². The Balaban J connectivity index is 2.02. The predicted octanol–water partition coefficient (Wildman–Crippen LogP) is 0.894. The van der Waals surface area contributed by atoms with Gasteiger partial charge in [0.2, 0.25) is 5.91 Å². The lowest BCUT2D eigenvalue weighted by atomic mass is 10.0. The van der Waals surface area contributed by atoms with Gasteiger partial charge >= 0.3 is 0 Å². The van der Waals surface area contributed by atoms with E-state index in [-0.39, 0.29) is 36.1 Å². The first kappa shape index (κ1) is 16.9. The van der Waals surface area contributed by atoms with Gasteiger partial charge in [-0.3, -0.25) is 9.69 Å². The number of amides is 1. The van der Waals surface area contributed by atoms with Crippen LogP contribution in [0.5, 0.6) is 0 Å². The van der Waals surface area contributed by atoms with E-state index in [1.165, 1.54) is 0 Å². The van der Waals surface area contributed by atoms with Crippen LogP contribution in [0.25, 0.3) is 0 Å². The number of aliphatic hydroxyl groups is 1. The lowest BCUT2D eigenvalue weighted by Crippen LogP contribution is -2.43. The van der Waals surface area contributed by atoms with Gasteiger partial charge in [-0.25, -0.2) is 0 Å². The normalized spacial score (nSPS) is 24.2. The van der Waals surface area contributed by atoms with Gasteiger partial charge in [-0.1, -0.05) is 30.3 Å². The number of nitrogens with zero attached hydrogens (tertiary/aromatic N) is 1. The summed E-state index contributed by atoms with van der Waals surface area (Å²) in [7, 11) is 0. The quantitative estimate of drug-likeness (QED) is 0.772. The van der Waals surface area contributed by atoms with E-state index >= 15 is 0 Å². The second-order valence-electron chi connectivity index (χ2n) is 7.00. The lowest BCUT2D eigenvalue weighted by molar-refractivity contribution is -0.126. The van der Waals surface area contributed by atoms with Gasteiger partial charge in [-0.05, 0) is 26.3 Å². The molecule has 1 saturated heterocycles. The number of aliphatic hydroxyl groups excluding tert-OH is 1. The zero-order valence-electron chi connectivity index (χ0n) is 13.6. The van der Waals surface area contributed by atoms with Crippen LogP contribution in [0.2, 0.25) is 0 Å². The molecule has 1 aromatic rings. The van der Waals surface area contributed by atoms with Crippen molar-refractivity contribution in [2.75, 3.05) is 19.7 Å². The third kappa shape index (κ3) is 3.85. The average molecular weight is 305 g/mol. The molecule has 3 atom stereocenters. The van der Waals surface area contributed by atoms with Crippen LogP contribution >= 0.6 is 0 Å². The predicted molar refractivity (Wildman–Crippen MR) is 87.2 cm³/mol. The summed E-state index contributed by atoms with van der Waals surface area (Å²) in [6, 6.07) is 8.95. The number of carbonyl (C=O) groups excluding carboxylic acids is 1. The molecule has 0 unspecified atom stereocenters. The molecule has 0 aromatic heterocycles. The van der Waals surface area contributed by atoms with Crippen LogP contribution in [0, 0.1) is 5.92 Å². The van der Waals surface area contributed by atoms with Crippen LogP contribution in [0.4, 0.5) is 0 Å². The number of nitrogens with two attached hydrogens (primary N) is 1. The zero-order valence-corrected chi connectivity index (χ0v) is 13.6. The molecule has 1 aromatic carbocycles. The minimum absolute atomic E-state index is 0.00244. The molecular formula is C17H27N3O2. The molecule has 0 bridgehead atoms. The summed E-state index contributed by atoms with van der Waals surface area (Å²) in [5, 5.41) is 12.5. The van der Waals surface area contributed by atoms with Crippen molar-refractivity contribution in [1.82, 2.24) is 10.2 Å². The Labute approximate surface area is 132 Å². The highest BCUT2D eigenvalue weighted by Gasteiger charge is 2.39. The van der Waals surface area contributed by atoms with Gasteiger partial charge in [0.15, 0.2) is 0 Å². The lowest BCUT2D eigenvalue weighted by Gasteiger charge is -2.31. The smallest absolute Gasteiger partial charge is 0.226 e. The zero-order chi connectivity index (χ0) is 16.3. The second-order valence-corrected chi connectivity index (χ2v) is 7.00. The fourth-order valence-electron chi connectivity index (χ4n) is 2.85. The van der Waals surface area contributed by atoms with Crippen LogP contribution in [0.3, 0.4) is 0 Å². The summed E-state index contributed by atoms with van der Waals surface area (Å²) in [5.74, 6) is -0.320. The number of hydrogen-bond acceptors (Lipinski definition) is 4. The molecule has 2 rings (SSSR count). The molecule has 1 aliphatic heterocycles. The van der Waals surface area contributed by atoms with Crippen molar-refractivity contribution in [3.8, 4) is 0 Å². The van der Waals surface area contributed by atoms with Gasteiger partial charge in [0.1, 0.15) is 0 Å². The van der Waals surface area contributed by atoms with Crippen molar-refractivity contribution < 1.29 is 9.90 Å². The standard InChI is InChI=1S/C17H27N3O2/c1-17(2,3)20-9-13(14(18)10-20)16(22)19-15(11-21)12-7-5-4-6-8-12/h4-8,13-15,21H,9-11,18H2,1-3H3,(H,19,22)/t13-,14+,15+/m1/s1. The molecule has 1 fully saturated rings. The summed E-state index contributed by atoms with van der Waals surface area (Å²) in [4.78, 5) is 14.8. The van der Waals surface area contributed by atoms with Crippen molar-refractivity contribution in [2.24, 2.45) is 11.7 Å². The highest BCUT2D eigenvalue weighted by Crippen LogP contribution is 2.24. The maximum absolute atomic E-state index is 12.5. The fraction of sp³-hybridized carbons (Fsp3) is 0.588. The summed E-state index contributed by atoms with van der Waals surface area (Å²) in [6.07, 6.45) is 0. The van der Waals surface area contributed by atoms with E-state index in [4.69, 9.17) is 5.73 Å². The Morgan fingerprint density at radius 2 is 2.00 bits per heavy atom. The summed E-state index contributed by atoms with van der Waals surface area (Å²) in [6.45, 7) is 7.63. The van der Waals surface area contributed by atoms with E-state index in [2.05, 4.69) is 31.0 Å². The van der Waals surface area contributed by atoms with Crippen molar-refractivity contribution in [2.45, 2.75) is 38.4 Å². The molecule has 4 N–H and O–H groups in total. The Hall–Kier alpha value is -1.43. The molecule has 5 heteroatoms. The van der Waals surface area contributed by atoms with Crippen LogP contribution < -0.4 is 11.1 Å². The summed E-state index contributed by atoms with van der Waals surface area (Å²) < 4.78 is 0. The number of hydrogen-bond donors (Lipinski definition) is 3. The first-order chi connectivity index (χ1) is 10.3. The molecule has 122 valence electrons. The van der Waals surface area contributed by atoms with E-state index in [9.17, 15) is 9.90 Å². The molecule has 0 spiro atoms. The molecule has 0 saturated carbocycles. The first-order valence-electron chi connectivity index (χ1n) is 7.79. The highest BCUT2D eigenvalue weighted by atomic mass is 16.3. The molecule has 1 amide bonds. The SMILES string of the molecule is CC(C)(C)N1C[C@H](N)[C@H](C(=O)N[C@@H](CO)c2ccccc2)C1. The molecular weight excluding hydrogens is 278 g/mol. The summed E-state index contributed by atoms with van der Waals surface area (Å²) >= 11 is 0. The third-order valence-corrected chi connectivity index (χ3v) is 4.35. The highest BCUT2D eigenvalue weighted by molar-refractivity contribution is 5.80. The molecule has 0 aliphatic carbocycles. The minimum atomic E-state index is -0.385. The van der Waals surface area contributed by atoms with Crippen molar-refractivity contribution in [1.29, 1.82) is 0 Å². The van der Waals surface area contributed by atoms with Crippen molar-refractivity contribution in [3.05, 3.63) is 35.9 Å². The maximum atomic E-state index is 12.5. The van der Waals surface area contributed by atoms with Crippen molar-refractivity contribution in [3.63, 3.8) is 0 Å². The van der Waals surface area contributed by atoms with Gasteiger partial charge in [0.05, 0.1) is 18.6 Å². The fourth-order valence-corrected chi connectivity index (χ4v) is 2.85. The van der Waals surface area contributed by atoms with Crippen molar-refractivity contribution >= 4 is 5.91 Å². The number of benzene rings is 1. The first-order valence-corrected chi connectivity index (χ1v) is 7.79. The molecule has 1 heterocycles. The maximum Gasteiger partial charge on any atom is 0.226 e. The second kappa shape index (κ2) is 6.77. The Morgan fingerprint density at radius 3 is 2.50 bits per heavy atom.